The summed E-state index contributed by atoms with van der Waals surface area (Å²) in [5.41, 5.74) is -1.04. The molecule has 1 aliphatic rings. The van der Waals surface area contributed by atoms with Gasteiger partial charge in [0.05, 0.1) is 7.11 Å². The Morgan fingerprint density at radius 1 is 1.29 bits per heavy atom. The molecule has 0 aliphatic carbocycles. The third-order valence-corrected chi connectivity index (χ3v) is 3.51. The van der Waals surface area contributed by atoms with Crippen LogP contribution < -0.4 is 15.4 Å². The normalized spacial score (nSPS) is 20.5. The standard InChI is InChI=1S/C16H20F2N2O4/c1-16(2,3)24-15(22)20-13-9(7-19-14(13)21)12-10(17)5-8(23-4)6-11(12)18/h5-6,9,13H,7H2,1-4H3,(H,19,21)(H,20,22)/t9-,13+/m0/s1. The Labute approximate surface area is 138 Å². The second-order valence-electron chi connectivity index (χ2n) is 6.48. The predicted octanol–water partition coefficient (Wildman–Crippen LogP) is 2.08. The molecular formula is C16H20F2N2O4. The van der Waals surface area contributed by atoms with Crippen molar-refractivity contribution < 1.29 is 27.8 Å². The summed E-state index contributed by atoms with van der Waals surface area (Å²) in [6.07, 6.45) is -0.830. The van der Waals surface area contributed by atoms with Gasteiger partial charge in [0.15, 0.2) is 0 Å². The van der Waals surface area contributed by atoms with Crippen LogP contribution in [0.2, 0.25) is 0 Å². The van der Waals surface area contributed by atoms with Gasteiger partial charge in [-0.2, -0.15) is 0 Å². The first-order chi connectivity index (χ1) is 11.1. The monoisotopic (exact) mass is 342 g/mol. The zero-order valence-electron chi connectivity index (χ0n) is 13.9. The molecule has 0 unspecified atom stereocenters. The Morgan fingerprint density at radius 2 is 1.88 bits per heavy atom. The molecule has 1 aromatic carbocycles. The SMILES string of the molecule is COc1cc(F)c([C@@H]2CNC(=O)[C@@H]2NC(=O)OC(C)(C)C)c(F)c1. The number of alkyl carbamates (subject to hydrolysis) is 1. The van der Waals surface area contributed by atoms with Crippen LogP contribution in [0.1, 0.15) is 32.3 Å². The van der Waals surface area contributed by atoms with Gasteiger partial charge >= 0.3 is 6.09 Å². The average Bonchev–Trinajstić information content (AvgIpc) is 2.77. The highest BCUT2D eigenvalue weighted by Crippen LogP contribution is 2.31. The first-order valence-electron chi connectivity index (χ1n) is 7.42. The molecule has 2 rings (SSSR count). The topological polar surface area (TPSA) is 76.7 Å². The summed E-state index contributed by atoms with van der Waals surface area (Å²) >= 11 is 0. The van der Waals surface area contributed by atoms with E-state index in [9.17, 15) is 18.4 Å². The van der Waals surface area contributed by atoms with Crippen LogP contribution in [0.4, 0.5) is 13.6 Å². The van der Waals surface area contributed by atoms with Crippen LogP contribution in [0.3, 0.4) is 0 Å². The highest BCUT2D eigenvalue weighted by molar-refractivity contribution is 5.89. The summed E-state index contributed by atoms with van der Waals surface area (Å²) < 4.78 is 38.4. The molecule has 1 saturated heterocycles. The lowest BCUT2D eigenvalue weighted by atomic mass is 9.93. The van der Waals surface area contributed by atoms with Gasteiger partial charge in [-0.3, -0.25) is 4.79 Å². The highest BCUT2D eigenvalue weighted by Gasteiger charge is 2.40. The minimum atomic E-state index is -1.13. The van der Waals surface area contributed by atoms with Crippen LogP contribution in [0.15, 0.2) is 12.1 Å². The molecule has 0 spiro atoms. The van der Waals surface area contributed by atoms with Gasteiger partial charge in [0.2, 0.25) is 5.91 Å². The maximum Gasteiger partial charge on any atom is 0.408 e. The molecule has 0 radical (unpaired) electrons. The first kappa shape index (κ1) is 18.0. The van der Waals surface area contributed by atoms with E-state index < -0.39 is 41.2 Å². The fourth-order valence-corrected chi connectivity index (χ4v) is 2.52. The van der Waals surface area contributed by atoms with E-state index in [2.05, 4.69) is 10.6 Å². The molecule has 24 heavy (non-hydrogen) atoms. The zero-order chi connectivity index (χ0) is 18.1. The number of amides is 2. The lowest BCUT2D eigenvalue weighted by Crippen LogP contribution is -2.45. The van der Waals surface area contributed by atoms with Gasteiger partial charge in [0.1, 0.15) is 29.0 Å². The maximum atomic E-state index is 14.3. The van der Waals surface area contributed by atoms with E-state index in [1.165, 1.54) is 7.11 Å². The van der Waals surface area contributed by atoms with E-state index in [0.29, 0.717) is 0 Å². The second kappa shape index (κ2) is 6.62. The molecule has 1 fully saturated rings. The number of hydrogen-bond acceptors (Lipinski definition) is 4. The molecule has 1 heterocycles. The fraction of sp³-hybridized carbons (Fsp3) is 0.500. The summed E-state index contributed by atoms with van der Waals surface area (Å²) in [6, 6.07) is 0.939. The van der Waals surface area contributed by atoms with E-state index in [1.807, 2.05) is 0 Å². The maximum absolute atomic E-state index is 14.3. The number of carbonyl (C=O) groups excluding carboxylic acids is 2. The summed E-state index contributed by atoms with van der Waals surface area (Å²) in [7, 11) is 1.29. The van der Waals surface area contributed by atoms with Gasteiger partial charge in [0, 0.05) is 30.2 Å². The van der Waals surface area contributed by atoms with Gasteiger partial charge in [-0.15, -0.1) is 0 Å². The molecule has 2 atom stereocenters. The van der Waals surface area contributed by atoms with Crippen molar-refractivity contribution in [2.75, 3.05) is 13.7 Å². The quantitative estimate of drug-likeness (QED) is 0.882. The summed E-state index contributed by atoms with van der Waals surface area (Å²) in [4.78, 5) is 23.8. The number of hydrogen-bond donors (Lipinski definition) is 2. The molecule has 2 N–H and O–H groups in total. The van der Waals surface area contributed by atoms with Gasteiger partial charge in [-0.1, -0.05) is 0 Å². The summed E-state index contributed by atoms with van der Waals surface area (Å²) in [5.74, 6) is -3.08. The van der Waals surface area contributed by atoms with E-state index in [1.54, 1.807) is 20.8 Å². The van der Waals surface area contributed by atoms with Crippen LogP contribution in [-0.4, -0.2) is 37.3 Å². The van der Waals surface area contributed by atoms with Crippen molar-refractivity contribution in [3.8, 4) is 5.75 Å². The zero-order valence-corrected chi connectivity index (χ0v) is 13.9. The Balaban J connectivity index is 2.26. The van der Waals surface area contributed by atoms with Crippen LogP contribution in [0, 0.1) is 11.6 Å². The van der Waals surface area contributed by atoms with Gasteiger partial charge < -0.3 is 20.1 Å². The fourth-order valence-electron chi connectivity index (χ4n) is 2.52. The van der Waals surface area contributed by atoms with E-state index in [4.69, 9.17) is 9.47 Å². The van der Waals surface area contributed by atoms with Crippen molar-refractivity contribution in [2.45, 2.75) is 38.3 Å². The van der Waals surface area contributed by atoms with E-state index >= 15 is 0 Å². The van der Waals surface area contributed by atoms with Crippen molar-refractivity contribution in [3.63, 3.8) is 0 Å². The molecule has 1 aromatic rings. The molecule has 132 valence electrons. The molecule has 0 saturated carbocycles. The Morgan fingerprint density at radius 3 is 2.38 bits per heavy atom. The number of rotatable bonds is 3. The summed E-state index contributed by atoms with van der Waals surface area (Å²) in [5, 5.41) is 4.87. The van der Waals surface area contributed by atoms with Crippen molar-refractivity contribution in [1.29, 1.82) is 0 Å². The van der Waals surface area contributed by atoms with E-state index in [-0.39, 0.29) is 17.9 Å². The van der Waals surface area contributed by atoms with Crippen LogP contribution in [-0.2, 0) is 9.53 Å². The third-order valence-electron chi connectivity index (χ3n) is 3.51. The van der Waals surface area contributed by atoms with Gasteiger partial charge in [-0.25, -0.2) is 13.6 Å². The molecule has 0 aromatic heterocycles. The van der Waals surface area contributed by atoms with Crippen molar-refractivity contribution >= 4 is 12.0 Å². The number of nitrogens with one attached hydrogen (secondary N) is 2. The third kappa shape index (κ3) is 3.93. The minimum absolute atomic E-state index is 0.000529. The Hall–Kier alpha value is -2.38. The van der Waals surface area contributed by atoms with Crippen LogP contribution >= 0.6 is 0 Å². The molecular weight excluding hydrogens is 322 g/mol. The number of carbonyl (C=O) groups is 2. The second-order valence-corrected chi connectivity index (χ2v) is 6.48. The molecule has 8 heteroatoms. The summed E-state index contributed by atoms with van der Waals surface area (Å²) in [6.45, 7) is 5.00. The lowest BCUT2D eigenvalue weighted by molar-refractivity contribution is -0.121. The number of benzene rings is 1. The lowest BCUT2D eigenvalue weighted by Gasteiger charge is -2.24. The number of methoxy groups -OCH3 is 1. The smallest absolute Gasteiger partial charge is 0.408 e. The van der Waals surface area contributed by atoms with Crippen molar-refractivity contribution in [3.05, 3.63) is 29.3 Å². The minimum Gasteiger partial charge on any atom is -0.497 e. The number of halogens is 2. The highest BCUT2D eigenvalue weighted by atomic mass is 19.1. The largest absolute Gasteiger partial charge is 0.497 e. The van der Waals surface area contributed by atoms with Crippen LogP contribution in [0.5, 0.6) is 5.75 Å². The molecule has 0 bridgehead atoms. The molecule has 2 amide bonds. The molecule has 1 aliphatic heterocycles. The average molecular weight is 342 g/mol. The van der Waals surface area contributed by atoms with E-state index in [0.717, 1.165) is 12.1 Å². The Bertz CT molecular complexity index is 635. The molecule has 6 nitrogen and oxygen atoms in total. The van der Waals surface area contributed by atoms with Crippen molar-refractivity contribution in [2.24, 2.45) is 0 Å². The van der Waals surface area contributed by atoms with Crippen molar-refractivity contribution in [1.82, 2.24) is 10.6 Å². The van der Waals surface area contributed by atoms with Crippen LogP contribution in [0.25, 0.3) is 0 Å². The first-order valence-corrected chi connectivity index (χ1v) is 7.42. The van der Waals surface area contributed by atoms with Gasteiger partial charge in [-0.05, 0) is 20.8 Å². The predicted molar refractivity (Wildman–Crippen MR) is 81.8 cm³/mol. The number of ether oxygens (including phenoxy) is 2. The Kier molecular flexibility index (Phi) is 4.96. The van der Waals surface area contributed by atoms with Gasteiger partial charge in [0.25, 0.3) is 0 Å².